The van der Waals surface area contributed by atoms with Gasteiger partial charge in [0.1, 0.15) is 0 Å². The van der Waals surface area contributed by atoms with E-state index in [0.717, 1.165) is 0 Å². The number of hydrogen-bond donors (Lipinski definition) is 0. The number of ether oxygens (including phenoxy) is 3. The molecule has 126 valence electrons. The Hall–Kier alpha value is -0.763. The van der Waals surface area contributed by atoms with E-state index in [1.54, 1.807) is 0 Å². The minimum Gasteiger partial charge on any atom is -0.489 e. The maximum Gasteiger partial charge on any atom is 0.581 e. The van der Waals surface area contributed by atoms with Crippen LogP contribution in [-0.4, -0.2) is 48.4 Å². The highest BCUT2D eigenvalue weighted by molar-refractivity contribution is 6.68. The van der Waals surface area contributed by atoms with Crippen LogP contribution in [-0.2, 0) is 27.5 Å². The van der Waals surface area contributed by atoms with E-state index >= 15 is 0 Å². The van der Waals surface area contributed by atoms with Crippen molar-refractivity contribution in [1.29, 1.82) is 0 Å². The first kappa shape index (κ1) is 20.2. The molecule has 0 aromatic heterocycles. The lowest BCUT2D eigenvalue weighted by Crippen LogP contribution is -2.50. The zero-order valence-corrected chi connectivity index (χ0v) is 15.2. The van der Waals surface area contributed by atoms with Gasteiger partial charge in [0.05, 0.1) is 19.8 Å². The maximum absolute atomic E-state index is 5.85. The molecule has 0 radical (unpaired) electrons. The molecule has 0 N–H and O–H groups in total. The molecule has 0 atom stereocenters. The van der Waals surface area contributed by atoms with Gasteiger partial charge in [-0.15, -0.1) is 0 Å². The first-order valence-electron chi connectivity index (χ1n) is 7.70. The lowest BCUT2D eigenvalue weighted by molar-refractivity contribution is 0.00664. The summed E-state index contributed by atoms with van der Waals surface area (Å²) in [5.74, 6) is 0.295. The van der Waals surface area contributed by atoms with E-state index in [0.29, 0.717) is 51.0 Å². The average molecular weight is 322 g/mol. The van der Waals surface area contributed by atoms with Crippen LogP contribution in [0.1, 0.15) is 41.5 Å². The molecule has 6 nitrogen and oxygen atoms in total. The highest BCUT2D eigenvalue weighted by Crippen LogP contribution is 2.26. The van der Waals surface area contributed by atoms with E-state index in [4.69, 9.17) is 27.5 Å². The molecule has 0 aliphatic heterocycles. The summed E-state index contributed by atoms with van der Waals surface area (Å²) < 4.78 is 34.4. The molecular weight excluding hydrogens is 292 g/mol. The summed E-state index contributed by atoms with van der Waals surface area (Å²) in [5, 5.41) is 0.416. The largest absolute Gasteiger partial charge is 0.581 e. The van der Waals surface area contributed by atoms with Crippen LogP contribution in [0.15, 0.2) is 11.3 Å². The molecule has 0 bridgehead atoms. The lowest BCUT2D eigenvalue weighted by Gasteiger charge is -2.30. The standard InChI is InChI=1S/C14H30O6Si/c1-7-15-13(16-8-2)14(17-9-3)21(18-10-4,19-11-5)20-12-6/h7-12H2,1-6H3. The molecular formula is C14H30O6Si. The molecule has 0 aliphatic rings. The normalized spacial score (nSPS) is 11.1. The fourth-order valence-corrected chi connectivity index (χ4v) is 4.24. The predicted molar refractivity (Wildman–Crippen MR) is 82.5 cm³/mol. The minimum atomic E-state index is -3.18. The highest BCUT2D eigenvalue weighted by Gasteiger charge is 2.51. The fraction of sp³-hybridized carbons (Fsp3) is 0.857. The Morgan fingerprint density at radius 1 is 0.571 bits per heavy atom. The van der Waals surface area contributed by atoms with Gasteiger partial charge < -0.3 is 27.5 Å². The smallest absolute Gasteiger partial charge is 0.489 e. The molecule has 0 heterocycles. The van der Waals surface area contributed by atoms with Gasteiger partial charge >= 0.3 is 14.7 Å². The van der Waals surface area contributed by atoms with Crippen molar-refractivity contribution in [3.63, 3.8) is 0 Å². The van der Waals surface area contributed by atoms with E-state index < -0.39 is 8.80 Å². The van der Waals surface area contributed by atoms with Crippen LogP contribution >= 0.6 is 0 Å². The Kier molecular flexibility index (Phi) is 11.4. The zero-order chi connectivity index (χ0) is 16.1. The van der Waals surface area contributed by atoms with Crippen molar-refractivity contribution in [2.45, 2.75) is 41.5 Å². The minimum absolute atomic E-state index is 0.295. The van der Waals surface area contributed by atoms with Gasteiger partial charge in [0.15, 0.2) is 0 Å². The van der Waals surface area contributed by atoms with Crippen molar-refractivity contribution in [1.82, 2.24) is 0 Å². The molecule has 0 spiro atoms. The second-order valence-electron chi connectivity index (χ2n) is 3.77. The van der Waals surface area contributed by atoms with E-state index in [1.165, 1.54) is 0 Å². The third kappa shape index (κ3) is 6.25. The quantitative estimate of drug-likeness (QED) is 0.384. The van der Waals surface area contributed by atoms with Crippen LogP contribution in [0.2, 0.25) is 0 Å². The van der Waals surface area contributed by atoms with Crippen molar-refractivity contribution in [3.8, 4) is 0 Å². The first-order chi connectivity index (χ1) is 10.2. The van der Waals surface area contributed by atoms with Crippen LogP contribution in [0.5, 0.6) is 0 Å². The van der Waals surface area contributed by atoms with Gasteiger partial charge in [-0.25, -0.2) is 0 Å². The van der Waals surface area contributed by atoms with E-state index in [1.807, 2.05) is 41.5 Å². The van der Waals surface area contributed by atoms with E-state index in [9.17, 15) is 0 Å². The summed E-state index contributed by atoms with van der Waals surface area (Å²) >= 11 is 0. The van der Waals surface area contributed by atoms with E-state index in [-0.39, 0.29) is 0 Å². The second kappa shape index (κ2) is 11.8. The number of hydrogen-bond acceptors (Lipinski definition) is 6. The van der Waals surface area contributed by atoms with Gasteiger partial charge in [0.25, 0.3) is 0 Å². The molecule has 0 saturated heterocycles. The summed E-state index contributed by atoms with van der Waals surface area (Å²) in [6.45, 7) is 14.1. The molecule has 0 unspecified atom stereocenters. The molecule has 0 aliphatic carbocycles. The van der Waals surface area contributed by atoms with E-state index in [2.05, 4.69) is 0 Å². The summed E-state index contributed by atoms with van der Waals surface area (Å²) in [4.78, 5) is 0. The highest BCUT2D eigenvalue weighted by atomic mass is 28.4. The SMILES string of the molecule is CCOC(OCC)=C(OCC)[Si](OCC)(OCC)OCC. The lowest BCUT2D eigenvalue weighted by atomic mass is 10.8. The molecule has 0 aromatic rings. The van der Waals surface area contributed by atoms with Gasteiger partial charge in [-0.3, -0.25) is 0 Å². The van der Waals surface area contributed by atoms with Crippen molar-refractivity contribution < 1.29 is 27.5 Å². The zero-order valence-electron chi connectivity index (χ0n) is 14.2. The van der Waals surface area contributed by atoms with Crippen molar-refractivity contribution >= 4 is 8.80 Å². The summed E-state index contributed by atoms with van der Waals surface area (Å²) in [7, 11) is -3.18. The van der Waals surface area contributed by atoms with Crippen molar-refractivity contribution in [2.24, 2.45) is 0 Å². The van der Waals surface area contributed by atoms with Crippen LogP contribution < -0.4 is 0 Å². The monoisotopic (exact) mass is 322 g/mol. The van der Waals surface area contributed by atoms with Crippen LogP contribution in [0.3, 0.4) is 0 Å². The maximum atomic E-state index is 5.85. The van der Waals surface area contributed by atoms with Gasteiger partial charge in [-0.05, 0) is 41.5 Å². The van der Waals surface area contributed by atoms with Crippen LogP contribution in [0, 0.1) is 0 Å². The molecule has 0 amide bonds. The van der Waals surface area contributed by atoms with Crippen molar-refractivity contribution in [2.75, 3.05) is 39.6 Å². The average Bonchev–Trinajstić information content (AvgIpc) is 2.45. The van der Waals surface area contributed by atoms with Gasteiger partial charge in [-0.1, -0.05) is 0 Å². The Balaban J connectivity index is 5.77. The van der Waals surface area contributed by atoms with Gasteiger partial charge in [0, 0.05) is 19.8 Å². The topological polar surface area (TPSA) is 55.4 Å². The Bertz CT molecular complexity index is 270. The van der Waals surface area contributed by atoms with Crippen LogP contribution in [0.4, 0.5) is 0 Å². The first-order valence-corrected chi connectivity index (χ1v) is 9.42. The van der Waals surface area contributed by atoms with Crippen molar-refractivity contribution in [3.05, 3.63) is 11.3 Å². The molecule has 21 heavy (non-hydrogen) atoms. The Morgan fingerprint density at radius 3 is 1.24 bits per heavy atom. The van der Waals surface area contributed by atoms with Crippen LogP contribution in [0.25, 0.3) is 0 Å². The summed E-state index contributed by atoms with van der Waals surface area (Å²) in [6, 6.07) is 0. The summed E-state index contributed by atoms with van der Waals surface area (Å²) in [5.41, 5.74) is 0. The van der Waals surface area contributed by atoms with Gasteiger partial charge in [0.2, 0.25) is 5.38 Å². The molecule has 7 heteroatoms. The molecule has 0 fully saturated rings. The predicted octanol–water partition coefficient (Wildman–Crippen LogP) is 2.85. The number of rotatable bonds is 13. The Labute approximate surface area is 129 Å². The third-order valence-corrected chi connectivity index (χ3v) is 5.22. The fourth-order valence-electron chi connectivity index (χ4n) is 1.74. The second-order valence-corrected chi connectivity index (χ2v) is 6.20. The summed E-state index contributed by atoms with van der Waals surface area (Å²) in [6.07, 6.45) is 0. The van der Waals surface area contributed by atoms with Gasteiger partial charge in [-0.2, -0.15) is 0 Å². The molecule has 0 saturated carbocycles. The molecule has 0 aromatic carbocycles. The third-order valence-electron chi connectivity index (χ3n) is 2.31. The Morgan fingerprint density at radius 2 is 0.952 bits per heavy atom. The molecule has 0 rings (SSSR count).